The van der Waals surface area contributed by atoms with E-state index in [0.29, 0.717) is 54.8 Å². The van der Waals surface area contributed by atoms with Crippen molar-refractivity contribution in [3.63, 3.8) is 0 Å². The Morgan fingerprint density at radius 2 is 1.92 bits per heavy atom. The molecule has 2 aliphatic heterocycles. The summed E-state index contributed by atoms with van der Waals surface area (Å²) in [7, 11) is 3.29. The van der Waals surface area contributed by atoms with E-state index < -0.39 is 0 Å². The maximum atomic E-state index is 13.7. The van der Waals surface area contributed by atoms with Crippen molar-refractivity contribution in [2.45, 2.75) is 51.4 Å². The third-order valence-corrected chi connectivity index (χ3v) is 7.79. The van der Waals surface area contributed by atoms with Crippen molar-refractivity contribution in [1.82, 2.24) is 20.4 Å². The topological polar surface area (TPSA) is 75.3 Å². The molecule has 0 saturated carbocycles. The molecule has 1 amide bonds. The van der Waals surface area contributed by atoms with Crippen LogP contribution in [0.15, 0.2) is 48.5 Å². The van der Waals surface area contributed by atoms with Gasteiger partial charge in [-0.3, -0.25) is 9.69 Å². The lowest BCUT2D eigenvalue weighted by Gasteiger charge is -2.33. The molecule has 2 N–H and O–H groups in total. The Hall–Kier alpha value is -2.65. The number of rotatable bonds is 14. The molecule has 0 spiro atoms. The molecule has 3 atom stereocenters. The molecule has 0 aromatic heterocycles. The number of carbonyl (C=O) groups excluding carboxylic acids is 1. The maximum absolute atomic E-state index is 13.7. The molecule has 39 heavy (non-hydrogen) atoms. The van der Waals surface area contributed by atoms with E-state index in [1.165, 1.54) is 5.56 Å². The quantitative estimate of drug-likeness (QED) is 0.357. The van der Waals surface area contributed by atoms with E-state index in [0.717, 1.165) is 45.6 Å². The van der Waals surface area contributed by atoms with Gasteiger partial charge in [-0.1, -0.05) is 30.3 Å². The molecule has 2 saturated heterocycles. The molecule has 2 aromatic carbocycles. The van der Waals surface area contributed by atoms with Crippen molar-refractivity contribution in [3.8, 4) is 11.5 Å². The highest BCUT2D eigenvalue weighted by Gasteiger charge is 2.34. The van der Waals surface area contributed by atoms with Gasteiger partial charge in [-0.2, -0.15) is 0 Å². The lowest BCUT2D eigenvalue weighted by atomic mass is 10.00. The molecule has 2 heterocycles. The van der Waals surface area contributed by atoms with Crippen LogP contribution in [0.4, 0.5) is 0 Å². The molecule has 2 aromatic rings. The predicted octanol–water partition coefficient (Wildman–Crippen LogP) is 3.41. The number of carbonyl (C=O) groups is 1. The number of methoxy groups -OCH3 is 2. The minimum absolute atomic E-state index is 0.0231. The van der Waals surface area contributed by atoms with E-state index in [2.05, 4.69) is 59.7 Å². The Labute approximate surface area is 234 Å². The van der Waals surface area contributed by atoms with Crippen molar-refractivity contribution >= 4 is 5.91 Å². The van der Waals surface area contributed by atoms with E-state index in [1.807, 2.05) is 23.1 Å². The van der Waals surface area contributed by atoms with Crippen molar-refractivity contribution in [2.75, 3.05) is 60.2 Å². The highest BCUT2D eigenvalue weighted by molar-refractivity contribution is 5.95. The molecule has 3 unspecified atom stereocenters. The molecule has 0 bridgehead atoms. The Balaban J connectivity index is 1.36. The highest BCUT2D eigenvalue weighted by atomic mass is 16.5. The van der Waals surface area contributed by atoms with Gasteiger partial charge in [-0.25, -0.2) is 0 Å². The standard InChI is InChI=1S/C31H46N4O4/c1-23(2)35(31(36)25-11-12-29(38-4)30(17-25)39-16-8-15-37-3)21-26-18-32-19-28(26)33-27-13-14-34(22-27)20-24-9-6-5-7-10-24/h5-7,9-12,17,23,26-28,32-33H,8,13-16,18-22H2,1-4H3. The molecule has 0 radical (unpaired) electrons. The molecule has 2 aliphatic rings. The molecule has 4 rings (SSSR count). The van der Waals surface area contributed by atoms with Gasteiger partial charge >= 0.3 is 0 Å². The van der Waals surface area contributed by atoms with Crippen molar-refractivity contribution < 1.29 is 19.0 Å². The van der Waals surface area contributed by atoms with Crippen LogP contribution >= 0.6 is 0 Å². The molecular formula is C31H46N4O4. The number of likely N-dealkylation sites (tertiary alicyclic amines) is 1. The summed E-state index contributed by atoms with van der Waals surface area (Å²) in [6, 6.07) is 17.1. The van der Waals surface area contributed by atoms with Crippen LogP contribution in [0.2, 0.25) is 0 Å². The second-order valence-corrected chi connectivity index (χ2v) is 11.0. The summed E-state index contributed by atoms with van der Waals surface area (Å²) < 4.78 is 16.5. The highest BCUT2D eigenvalue weighted by Crippen LogP contribution is 2.29. The number of amides is 1. The summed E-state index contributed by atoms with van der Waals surface area (Å²) in [6.07, 6.45) is 1.92. The first-order valence-electron chi connectivity index (χ1n) is 14.3. The van der Waals surface area contributed by atoms with Crippen molar-refractivity contribution in [2.24, 2.45) is 5.92 Å². The lowest BCUT2D eigenvalue weighted by Crippen LogP contribution is -2.49. The van der Waals surface area contributed by atoms with Gasteiger partial charge in [0.25, 0.3) is 5.91 Å². The van der Waals surface area contributed by atoms with Crippen LogP contribution in [0.3, 0.4) is 0 Å². The fourth-order valence-electron chi connectivity index (χ4n) is 5.63. The van der Waals surface area contributed by atoms with Gasteiger partial charge in [0, 0.05) is 89.0 Å². The van der Waals surface area contributed by atoms with Crippen LogP contribution in [-0.2, 0) is 11.3 Å². The molecule has 2 fully saturated rings. The van der Waals surface area contributed by atoms with E-state index in [4.69, 9.17) is 14.2 Å². The average molecular weight is 539 g/mol. The largest absolute Gasteiger partial charge is 0.493 e. The normalized spacial score (nSPS) is 21.4. The summed E-state index contributed by atoms with van der Waals surface area (Å²) in [6.45, 7) is 11.0. The second-order valence-electron chi connectivity index (χ2n) is 11.0. The number of hydrogen-bond donors (Lipinski definition) is 2. The minimum atomic E-state index is 0.0231. The smallest absolute Gasteiger partial charge is 0.254 e. The summed E-state index contributed by atoms with van der Waals surface area (Å²) in [5, 5.41) is 7.50. The van der Waals surface area contributed by atoms with E-state index >= 15 is 0 Å². The van der Waals surface area contributed by atoms with Gasteiger partial charge in [0.05, 0.1) is 13.7 Å². The fraction of sp³-hybridized carbons (Fsp3) is 0.581. The van der Waals surface area contributed by atoms with E-state index in [-0.39, 0.29) is 11.9 Å². The van der Waals surface area contributed by atoms with Crippen molar-refractivity contribution in [3.05, 3.63) is 59.7 Å². The summed E-state index contributed by atoms with van der Waals surface area (Å²) in [4.78, 5) is 18.3. The van der Waals surface area contributed by atoms with Crippen LogP contribution in [0.25, 0.3) is 0 Å². The summed E-state index contributed by atoms with van der Waals surface area (Å²) in [5.41, 5.74) is 1.99. The van der Waals surface area contributed by atoms with Gasteiger partial charge < -0.3 is 29.7 Å². The van der Waals surface area contributed by atoms with Crippen LogP contribution in [0.1, 0.15) is 42.6 Å². The first-order valence-corrected chi connectivity index (χ1v) is 14.3. The van der Waals surface area contributed by atoms with E-state index in [9.17, 15) is 4.79 Å². The van der Waals surface area contributed by atoms with Gasteiger partial charge in [0.2, 0.25) is 0 Å². The van der Waals surface area contributed by atoms with Crippen LogP contribution in [-0.4, -0.2) is 94.0 Å². The Bertz CT molecular complexity index is 1030. The molecule has 8 heteroatoms. The fourth-order valence-corrected chi connectivity index (χ4v) is 5.63. The minimum Gasteiger partial charge on any atom is -0.493 e. The van der Waals surface area contributed by atoms with Gasteiger partial charge in [0.1, 0.15) is 0 Å². The van der Waals surface area contributed by atoms with Crippen LogP contribution in [0.5, 0.6) is 11.5 Å². The van der Waals surface area contributed by atoms with Gasteiger partial charge in [0.15, 0.2) is 11.5 Å². The molecule has 214 valence electrons. The van der Waals surface area contributed by atoms with Crippen LogP contribution < -0.4 is 20.1 Å². The number of nitrogens with one attached hydrogen (secondary N) is 2. The van der Waals surface area contributed by atoms with Crippen molar-refractivity contribution in [1.29, 1.82) is 0 Å². The zero-order valence-electron chi connectivity index (χ0n) is 24.0. The zero-order chi connectivity index (χ0) is 27.6. The maximum Gasteiger partial charge on any atom is 0.254 e. The average Bonchev–Trinajstić information content (AvgIpc) is 3.58. The number of hydrogen-bond acceptors (Lipinski definition) is 7. The monoisotopic (exact) mass is 538 g/mol. The Morgan fingerprint density at radius 1 is 1.10 bits per heavy atom. The Morgan fingerprint density at radius 3 is 2.67 bits per heavy atom. The third kappa shape index (κ3) is 8.18. The first kappa shape index (κ1) is 29.3. The SMILES string of the molecule is COCCCOc1cc(C(=O)N(CC2CNCC2NC2CCN(Cc3ccccc3)C2)C(C)C)ccc1OC. The second kappa shape index (κ2) is 14.7. The number of ether oxygens (including phenoxy) is 3. The number of nitrogens with zero attached hydrogens (tertiary/aromatic N) is 2. The molecule has 8 nitrogen and oxygen atoms in total. The molecule has 0 aliphatic carbocycles. The first-order chi connectivity index (χ1) is 19.0. The lowest BCUT2D eigenvalue weighted by molar-refractivity contribution is 0.0666. The zero-order valence-corrected chi connectivity index (χ0v) is 24.0. The van der Waals surface area contributed by atoms with E-state index in [1.54, 1.807) is 14.2 Å². The number of benzene rings is 2. The summed E-state index contributed by atoms with van der Waals surface area (Å²) in [5.74, 6) is 1.59. The third-order valence-electron chi connectivity index (χ3n) is 7.79. The Kier molecular flexibility index (Phi) is 11.0. The van der Waals surface area contributed by atoms with Gasteiger partial charge in [-0.05, 0) is 44.0 Å². The predicted molar refractivity (Wildman–Crippen MR) is 155 cm³/mol. The van der Waals surface area contributed by atoms with Gasteiger partial charge in [-0.15, -0.1) is 0 Å². The molecular weight excluding hydrogens is 492 g/mol. The van der Waals surface area contributed by atoms with Crippen LogP contribution in [0, 0.1) is 5.92 Å². The summed E-state index contributed by atoms with van der Waals surface area (Å²) >= 11 is 0.